The minimum atomic E-state index is -0.0941. The number of rotatable bonds is 2. The van der Waals surface area contributed by atoms with Crippen molar-refractivity contribution in [1.82, 2.24) is 4.98 Å². The number of aromatic nitrogens is 1. The quantitative estimate of drug-likeness (QED) is 0.808. The van der Waals surface area contributed by atoms with Crippen LogP contribution in [0, 0.1) is 0 Å². The molecular weight excluding hydrogens is 190 g/mol. The molecule has 76 valence electrons. The Balaban J connectivity index is 2.41. The maximum absolute atomic E-state index is 11.1. The van der Waals surface area contributed by atoms with E-state index in [0.717, 1.165) is 16.9 Å². The summed E-state index contributed by atoms with van der Waals surface area (Å²) in [5, 5.41) is 0. The zero-order chi connectivity index (χ0) is 10.7. The van der Waals surface area contributed by atoms with Gasteiger partial charge in [0, 0.05) is 12.3 Å². The van der Waals surface area contributed by atoms with Crippen LogP contribution in [0.3, 0.4) is 0 Å². The molecule has 0 aliphatic carbocycles. The highest BCUT2D eigenvalue weighted by atomic mass is 16.5. The van der Waals surface area contributed by atoms with E-state index in [9.17, 15) is 4.79 Å². The van der Waals surface area contributed by atoms with E-state index in [0.29, 0.717) is 0 Å². The molecular formula is C12H11NO2. The molecule has 2 rings (SSSR count). The van der Waals surface area contributed by atoms with E-state index < -0.39 is 0 Å². The molecule has 15 heavy (non-hydrogen) atoms. The number of hydrogen-bond acceptors (Lipinski definition) is 2. The molecule has 3 heteroatoms. The Morgan fingerprint density at radius 2 is 1.80 bits per heavy atom. The summed E-state index contributed by atoms with van der Waals surface area (Å²) in [6.07, 6.45) is 1.64. The molecule has 0 aliphatic rings. The average molecular weight is 201 g/mol. The molecule has 0 spiro atoms. The summed E-state index contributed by atoms with van der Waals surface area (Å²) < 4.78 is 5.06. The molecule has 0 bridgehead atoms. The van der Waals surface area contributed by atoms with E-state index in [-0.39, 0.29) is 5.56 Å². The first kappa shape index (κ1) is 9.52. The molecule has 0 radical (unpaired) electrons. The Kier molecular flexibility index (Phi) is 2.54. The monoisotopic (exact) mass is 201 g/mol. The molecule has 0 unspecified atom stereocenters. The third-order valence-electron chi connectivity index (χ3n) is 2.20. The largest absolute Gasteiger partial charge is 0.497 e. The second kappa shape index (κ2) is 4.00. The second-order valence-electron chi connectivity index (χ2n) is 3.17. The van der Waals surface area contributed by atoms with Crippen LogP contribution in [-0.4, -0.2) is 12.1 Å². The van der Waals surface area contributed by atoms with E-state index in [2.05, 4.69) is 4.98 Å². The summed E-state index contributed by atoms with van der Waals surface area (Å²) in [6.45, 7) is 0. The first-order chi connectivity index (χ1) is 7.29. The third-order valence-corrected chi connectivity index (χ3v) is 2.20. The van der Waals surface area contributed by atoms with Gasteiger partial charge in [-0.1, -0.05) is 12.1 Å². The molecule has 1 N–H and O–H groups in total. The molecule has 0 fully saturated rings. The van der Waals surface area contributed by atoms with E-state index in [1.54, 1.807) is 19.4 Å². The fraction of sp³-hybridized carbons (Fsp3) is 0.0833. The van der Waals surface area contributed by atoms with E-state index in [1.165, 1.54) is 0 Å². The van der Waals surface area contributed by atoms with Crippen LogP contribution in [0.1, 0.15) is 0 Å². The summed E-state index contributed by atoms with van der Waals surface area (Å²) in [4.78, 5) is 13.7. The van der Waals surface area contributed by atoms with Crippen LogP contribution in [0.25, 0.3) is 11.1 Å². The van der Waals surface area contributed by atoms with Crippen molar-refractivity contribution < 1.29 is 4.74 Å². The second-order valence-corrected chi connectivity index (χ2v) is 3.17. The minimum Gasteiger partial charge on any atom is -0.497 e. The summed E-state index contributed by atoms with van der Waals surface area (Å²) in [7, 11) is 1.63. The maximum Gasteiger partial charge on any atom is 0.248 e. The van der Waals surface area contributed by atoms with Gasteiger partial charge in [0.1, 0.15) is 5.75 Å². The molecule has 0 atom stereocenters. The minimum absolute atomic E-state index is 0.0941. The van der Waals surface area contributed by atoms with Crippen LogP contribution in [0.2, 0.25) is 0 Å². The average Bonchev–Trinajstić information content (AvgIpc) is 2.29. The van der Waals surface area contributed by atoms with Crippen LogP contribution in [0.4, 0.5) is 0 Å². The molecule has 0 amide bonds. The smallest absolute Gasteiger partial charge is 0.248 e. The lowest BCUT2D eigenvalue weighted by Crippen LogP contribution is -2.01. The van der Waals surface area contributed by atoms with Crippen LogP contribution >= 0.6 is 0 Å². The first-order valence-corrected chi connectivity index (χ1v) is 4.63. The fourth-order valence-corrected chi connectivity index (χ4v) is 1.41. The fourth-order valence-electron chi connectivity index (χ4n) is 1.41. The van der Waals surface area contributed by atoms with Crippen molar-refractivity contribution in [3.05, 3.63) is 52.9 Å². The lowest BCUT2D eigenvalue weighted by molar-refractivity contribution is 0.415. The molecule has 0 aliphatic heterocycles. The van der Waals surface area contributed by atoms with Gasteiger partial charge in [0.2, 0.25) is 5.56 Å². The van der Waals surface area contributed by atoms with Gasteiger partial charge >= 0.3 is 0 Å². The summed E-state index contributed by atoms with van der Waals surface area (Å²) >= 11 is 0. The standard InChI is InChI=1S/C12H11NO2/c1-15-11-4-2-9(3-5-11)10-6-7-13-12(14)8-10/h2-8H,1H3,(H,13,14). The summed E-state index contributed by atoms with van der Waals surface area (Å²) in [6, 6.07) is 11.0. The van der Waals surface area contributed by atoms with Crippen molar-refractivity contribution in [3.8, 4) is 16.9 Å². The first-order valence-electron chi connectivity index (χ1n) is 4.63. The third kappa shape index (κ3) is 2.07. The SMILES string of the molecule is COc1ccc(-c2cc[nH]c(=O)c2)cc1. The highest BCUT2D eigenvalue weighted by Crippen LogP contribution is 2.20. The van der Waals surface area contributed by atoms with Gasteiger partial charge in [-0.2, -0.15) is 0 Å². The number of pyridine rings is 1. The van der Waals surface area contributed by atoms with Gasteiger partial charge in [-0.25, -0.2) is 0 Å². The molecule has 1 aromatic carbocycles. The van der Waals surface area contributed by atoms with Crippen LogP contribution in [-0.2, 0) is 0 Å². The Hall–Kier alpha value is -2.03. The number of aromatic amines is 1. The highest BCUT2D eigenvalue weighted by molar-refractivity contribution is 5.63. The molecule has 0 saturated heterocycles. The van der Waals surface area contributed by atoms with Gasteiger partial charge in [0.25, 0.3) is 0 Å². The Bertz CT molecular complexity index is 500. The number of methoxy groups -OCH3 is 1. The van der Waals surface area contributed by atoms with Gasteiger partial charge in [-0.15, -0.1) is 0 Å². The predicted octanol–water partition coefficient (Wildman–Crippen LogP) is 2.05. The molecule has 1 aromatic heterocycles. The summed E-state index contributed by atoms with van der Waals surface area (Å²) in [5.41, 5.74) is 1.81. The van der Waals surface area contributed by atoms with Gasteiger partial charge in [0.15, 0.2) is 0 Å². The zero-order valence-corrected chi connectivity index (χ0v) is 8.36. The van der Waals surface area contributed by atoms with E-state index in [1.807, 2.05) is 30.3 Å². The van der Waals surface area contributed by atoms with Gasteiger partial charge < -0.3 is 9.72 Å². The Labute approximate surface area is 87.3 Å². The van der Waals surface area contributed by atoms with Crippen molar-refractivity contribution in [2.45, 2.75) is 0 Å². The lowest BCUT2D eigenvalue weighted by Gasteiger charge is -2.02. The molecule has 3 nitrogen and oxygen atoms in total. The van der Waals surface area contributed by atoms with E-state index in [4.69, 9.17) is 4.74 Å². The van der Waals surface area contributed by atoms with Crippen molar-refractivity contribution in [3.63, 3.8) is 0 Å². The lowest BCUT2D eigenvalue weighted by atomic mass is 10.1. The summed E-state index contributed by atoms with van der Waals surface area (Å²) in [5.74, 6) is 0.809. The van der Waals surface area contributed by atoms with Crippen molar-refractivity contribution in [1.29, 1.82) is 0 Å². The molecule has 2 aromatic rings. The Morgan fingerprint density at radius 3 is 2.40 bits per heavy atom. The maximum atomic E-state index is 11.1. The molecule has 0 saturated carbocycles. The van der Waals surface area contributed by atoms with Crippen LogP contribution < -0.4 is 10.3 Å². The van der Waals surface area contributed by atoms with Crippen LogP contribution in [0.5, 0.6) is 5.75 Å². The number of nitrogens with one attached hydrogen (secondary N) is 1. The van der Waals surface area contributed by atoms with E-state index >= 15 is 0 Å². The number of ether oxygens (including phenoxy) is 1. The van der Waals surface area contributed by atoms with Gasteiger partial charge in [-0.3, -0.25) is 4.79 Å². The number of benzene rings is 1. The number of H-pyrrole nitrogens is 1. The van der Waals surface area contributed by atoms with Gasteiger partial charge in [-0.05, 0) is 29.3 Å². The normalized spacial score (nSPS) is 9.93. The van der Waals surface area contributed by atoms with Crippen molar-refractivity contribution in [2.24, 2.45) is 0 Å². The predicted molar refractivity (Wildman–Crippen MR) is 59.1 cm³/mol. The Morgan fingerprint density at radius 1 is 1.07 bits per heavy atom. The van der Waals surface area contributed by atoms with Crippen molar-refractivity contribution in [2.75, 3.05) is 7.11 Å². The zero-order valence-electron chi connectivity index (χ0n) is 8.36. The van der Waals surface area contributed by atoms with Gasteiger partial charge in [0.05, 0.1) is 7.11 Å². The van der Waals surface area contributed by atoms with Crippen LogP contribution in [0.15, 0.2) is 47.4 Å². The topological polar surface area (TPSA) is 42.1 Å². The number of hydrogen-bond donors (Lipinski definition) is 1. The highest BCUT2D eigenvalue weighted by Gasteiger charge is 1.98. The van der Waals surface area contributed by atoms with Crippen molar-refractivity contribution >= 4 is 0 Å². The molecule has 1 heterocycles.